The smallest absolute Gasteiger partial charge is 0.298 e. The van der Waals surface area contributed by atoms with E-state index in [9.17, 15) is 9.59 Å². The van der Waals surface area contributed by atoms with Crippen LogP contribution in [0.2, 0.25) is 0 Å². The summed E-state index contributed by atoms with van der Waals surface area (Å²) in [6.07, 6.45) is 8.35. The summed E-state index contributed by atoms with van der Waals surface area (Å²) in [5.74, 6) is 0.892. The van der Waals surface area contributed by atoms with E-state index in [0.717, 1.165) is 98.4 Å². The first-order chi connectivity index (χ1) is 24.0. The Morgan fingerprint density at radius 1 is 1.06 bits per heavy atom. The predicted octanol–water partition coefficient (Wildman–Crippen LogP) is 5.98. The van der Waals surface area contributed by atoms with Gasteiger partial charge in [-0.3, -0.25) is 24.5 Å². The SMILES string of the molecule is Cc1c(OC=O)c(N2CCc3cccc(C(=O)Nc4nc5ccccc5s4)c3C2)nn1CC1(OCCCN2CCOCC2)CCCCCC1. The van der Waals surface area contributed by atoms with Gasteiger partial charge in [-0.1, -0.05) is 61.3 Å². The molecule has 49 heavy (non-hydrogen) atoms. The standard InChI is InChI=1S/C37H46N6O5S/c1-27-33(47-26-44)34(40-43(27)25-37(15-6-2-3-7-16-37)48-21-9-17-41-19-22-46-23-20-41)42-18-14-28-10-8-11-29(30(28)24-42)35(45)39-36-38-31-12-4-5-13-32(31)49-36/h4-5,8,10-13,26H,2-3,6-7,9,14-25H2,1H3,(H,38,39,45). The Morgan fingerprint density at radius 3 is 2.67 bits per heavy atom. The highest BCUT2D eigenvalue weighted by Crippen LogP contribution is 2.38. The Morgan fingerprint density at radius 2 is 1.88 bits per heavy atom. The van der Waals surface area contributed by atoms with Crippen LogP contribution in [0.3, 0.4) is 0 Å². The molecule has 1 N–H and O–H groups in total. The molecule has 3 aliphatic rings. The average Bonchev–Trinajstić information content (AvgIpc) is 3.57. The molecular formula is C37H46N6O5S. The molecule has 7 rings (SSSR count). The largest absolute Gasteiger partial charge is 0.423 e. The second-order valence-corrected chi connectivity index (χ2v) is 14.4. The highest BCUT2D eigenvalue weighted by atomic mass is 32.1. The van der Waals surface area contributed by atoms with E-state index in [2.05, 4.69) is 26.2 Å². The molecule has 260 valence electrons. The fourth-order valence-electron chi connectivity index (χ4n) is 7.52. The number of nitrogens with zero attached hydrogens (tertiary/aromatic N) is 5. The number of nitrogens with one attached hydrogen (secondary N) is 1. The first-order valence-corrected chi connectivity index (χ1v) is 18.5. The number of morpholine rings is 1. The van der Waals surface area contributed by atoms with Crippen LogP contribution in [0, 0.1) is 6.92 Å². The predicted molar refractivity (Wildman–Crippen MR) is 191 cm³/mol. The van der Waals surface area contributed by atoms with Crippen LogP contribution in [0.5, 0.6) is 5.75 Å². The van der Waals surface area contributed by atoms with E-state index >= 15 is 0 Å². The van der Waals surface area contributed by atoms with Crippen molar-refractivity contribution in [2.45, 2.75) is 77.0 Å². The minimum Gasteiger partial charge on any atom is -0.423 e. The number of fused-ring (bicyclic) bond motifs is 2. The lowest BCUT2D eigenvalue weighted by molar-refractivity contribution is -0.120. The number of rotatable bonds is 12. The first-order valence-electron chi connectivity index (χ1n) is 17.7. The summed E-state index contributed by atoms with van der Waals surface area (Å²) in [5, 5.41) is 8.71. The molecule has 1 amide bonds. The molecule has 2 aromatic heterocycles. The van der Waals surface area contributed by atoms with Gasteiger partial charge < -0.3 is 19.1 Å². The maximum Gasteiger partial charge on any atom is 0.298 e. The number of para-hydroxylation sites is 1. The number of anilines is 2. The summed E-state index contributed by atoms with van der Waals surface area (Å²) < 4.78 is 21.0. The number of aromatic nitrogens is 3. The van der Waals surface area contributed by atoms with Gasteiger partial charge in [0, 0.05) is 44.9 Å². The van der Waals surface area contributed by atoms with Crippen LogP contribution < -0.4 is 15.0 Å². The number of benzene rings is 2. The van der Waals surface area contributed by atoms with Gasteiger partial charge in [0.05, 0.1) is 41.3 Å². The van der Waals surface area contributed by atoms with E-state index in [-0.39, 0.29) is 11.5 Å². The van der Waals surface area contributed by atoms with Crippen molar-refractivity contribution in [2.24, 2.45) is 0 Å². The van der Waals surface area contributed by atoms with E-state index in [1.165, 1.54) is 24.2 Å². The molecule has 4 aromatic rings. The van der Waals surface area contributed by atoms with Crippen molar-refractivity contribution in [3.8, 4) is 5.75 Å². The van der Waals surface area contributed by atoms with Crippen molar-refractivity contribution in [3.63, 3.8) is 0 Å². The average molecular weight is 687 g/mol. The van der Waals surface area contributed by atoms with Gasteiger partial charge in [0.15, 0.2) is 16.7 Å². The fourth-order valence-corrected chi connectivity index (χ4v) is 8.38. The first kappa shape index (κ1) is 33.6. The molecule has 2 fully saturated rings. The molecule has 0 atom stereocenters. The summed E-state index contributed by atoms with van der Waals surface area (Å²) >= 11 is 1.46. The zero-order valence-corrected chi connectivity index (χ0v) is 29.1. The maximum atomic E-state index is 13.6. The van der Waals surface area contributed by atoms with Gasteiger partial charge in [-0.15, -0.1) is 0 Å². The molecular weight excluding hydrogens is 641 g/mol. The number of thiazole rings is 1. The number of hydrogen-bond acceptors (Lipinski definition) is 10. The van der Waals surface area contributed by atoms with E-state index < -0.39 is 0 Å². The summed E-state index contributed by atoms with van der Waals surface area (Å²) in [4.78, 5) is 34.6. The van der Waals surface area contributed by atoms with Crippen molar-refractivity contribution < 1.29 is 23.8 Å². The van der Waals surface area contributed by atoms with Gasteiger partial charge in [-0.05, 0) is 61.9 Å². The van der Waals surface area contributed by atoms with Crippen LogP contribution in [0.4, 0.5) is 10.9 Å². The topological polar surface area (TPSA) is 111 Å². The third-order valence-electron chi connectivity index (χ3n) is 10.2. The van der Waals surface area contributed by atoms with Gasteiger partial charge in [0.25, 0.3) is 12.4 Å². The number of ether oxygens (including phenoxy) is 3. The maximum absolute atomic E-state index is 13.6. The second-order valence-electron chi connectivity index (χ2n) is 13.4. The normalized spacial score (nSPS) is 18.2. The van der Waals surface area contributed by atoms with Crippen molar-refractivity contribution in [2.75, 3.05) is 56.2 Å². The zero-order chi connectivity index (χ0) is 33.6. The Hall–Kier alpha value is -3.84. The Labute approximate surface area is 291 Å². The summed E-state index contributed by atoms with van der Waals surface area (Å²) in [7, 11) is 0. The van der Waals surface area contributed by atoms with Crippen LogP contribution >= 0.6 is 11.3 Å². The van der Waals surface area contributed by atoms with Crippen molar-refractivity contribution >= 4 is 44.9 Å². The van der Waals surface area contributed by atoms with Gasteiger partial charge in [-0.25, -0.2) is 4.98 Å². The quantitative estimate of drug-likeness (QED) is 0.109. The molecule has 4 heterocycles. The Kier molecular flexibility index (Phi) is 10.6. The lowest BCUT2D eigenvalue weighted by Crippen LogP contribution is -2.40. The molecule has 2 aromatic carbocycles. The molecule has 1 saturated carbocycles. The molecule has 0 spiro atoms. The van der Waals surface area contributed by atoms with Crippen LogP contribution in [0.15, 0.2) is 42.5 Å². The number of carbonyl (C=O) groups excluding carboxylic acids is 2. The van der Waals surface area contributed by atoms with Crippen LogP contribution in [-0.2, 0) is 33.8 Å². The lowest BCUT2D eigenvalue weighted by atomic mass is 9.94. The highest BCUT2D eigenvalue weighted by Gasteiger charge is 2.35. The summed E-state index contributed by atoms with van der Waals surface area (Å²) in [6, 6.07) is 13.7. The van der Waals surface area contributed by atoms with Crippen molar-refractivity contribution in [1.82, 2.24) is 19.7 Å². The van der Waals surface area contributed by atoms with E-state index in [1.54, 1.807) is 0 Å². The van der Waals surface area contributed by atoms with Gasteiger partial charge >= 0.3 is 0 Å². The summed E-state index contributed by atoms with van der Waals surface area (Å²) in [5.41, 5.74) is 4.02. The molecule has 12 heteroatoms. The van der Waals surface area contributed by atoms with Crippen molar-refractivity contribution in [1.29, 1.82) is 0 Å². The zero-order valence-electron chi connectivity index (χ0n) is 28.3. The van der Waals surface area contributed by atoms with E-state index in [4.69, 9.17) is 19.3 Å². The number of carbonyl (C=O) groups is 2. The molecule has 2 aliphatic heterocycles. The molecule has 0 radical (unpaired) electrons. The third-order valence-corrected chi connectivity index (χ3v) is 11.2. The third kappa shape index (κ3) is 7.67. The second kappa shape index (κ2) is 15.4. The highest BCUT2D eigenvalue weighted by molar-refractivity contribution is 7.22. The van der Waals surface area contributed by atoms with Crippen LogP contribution in [-0.4, -0.2) is 83.6 Å². The molecule has 0 bridgehead atoms. The van der Waals surface area contributed by atoms with Gasteiger partial charge in [0.1, 0.15) is 0 Å². The molecule has 11 nitrogen and oxygen atoms in total. The van der Waals surface area contributed by atoms with Crippen LogP contribution in [0.25, 0.3) is 10.2 Å². The van der Waals surface area contributed by atoms with Gasteiger partial charge in [-0.2, -0.15) is 5.10 Å². The van der Waals surface area contributed by atoms with Crippen molar-refractivity contribution in [3.05, 3.63) is 64.8 Å². The summed E-state index contributed by atoms with van der Waals surface area (Å²) in [6.45, 7) is 9.49. The minimum absolute atomic E-state index is 0.190. The minimum atomic E-state index is -0.325. The van der Waals surface area contributed by atoms with Crippen LogP contribution in [0.1, 0.15) is 72.1 Å². The Balaban J connectivity index is 1.10. The molecule has 0 unspecified atom stereocenters. The number of amides is 1. The Bertz CT molecular complexity index is 1720. The number of hydrogen-bond donors (Lipinski definition) is 1. The molecule has 1 saturated heterocycles. The van der Waals surface area contributed by atoms with Gasteiger partial charge in [0.2, 0.25) is 0 Å². The van der Waals surface area contributed by atoms with E-state index in [0.29, 0.717) is 55.0 Å². The molecule has 1 aliphatic carbocycles. The monoisotopic (exact) mass is 686 g/mol. The fraction of sp³-hybridized carbons (Fsp3) is 0.514. The van der Waals surface area contributed by atoms with E-state index in [1.807, 2.05) is 48.0 Å². The lowest BCUT2D eigenvalue weighted by Gasteiger charge is -2.34.